The van der Waals surface area contributed by atoms with E-state index in [2.05, 4.69) is 12.2 Å². The van der Waals surface area contributed by atoms with Gasteiger partial charge in [0.05, 0.1) is 0 Å². The van der Waals surface area contributed by atoms with Crippen LogP contribution in [0.15, 0.2) is 23.3 Å². The molecule has 1 heterocycles. The van der Waals surface area contributed by atoms with Gasteiger partial charge in [0.2, 0.25) is 0 Å². The molecule has 3 aliphatic rings. The van der Waals surface area contributed by atoms with Crippen molar-refractivity contribution < 1.29 is 9.59 Å². The van der Waals surface area contributed by atoms with Gasteiger partial charge in [-0.2, -0.15) is 0 Å². The molecule has 3 unspecified atom stereocenters. The number of carbonyl (C=O) groups is 2. The van der Waals surface area contributed by atoms with Crippen molar-refractivity contribution in [2.75, 3.05) is 6.54 Å². The Hall–Kier alpha value is -1.38. The van der Waals surface area contributed by atoms with Crippen LogP contribution in [-0.4, -0.2) is 23.3 Å². The average Bonchev–Trinajstić information content (AvgIpc) is 3.07. The SMILES string of the molecule is CCC1=C(CC)C(=O)N(CC2CC3C=CC2C3)C1=O. The molecule has 0 radical (unpaired) electrons. The Kier molecular flexibility index (Phi) is 3.08. The van der Waals surface area contributed by atoms with Crippen molar-refractivity contribution in [1.82, 2.24) is 4.90 Å². The minimum atomic E-state index is -0.0314. The summed E-state index contributed by atoms with van der Waals surface area (Å²) in [5.41, 5.74) is 1.48. The summed E-state index contributed by atoms with van der Waals surface area (Å²) in [4.78, 5) is 26.2. The van der Waals surface area contributed by atoms with Gasteiger partial charge in [0.1, 0.15) is 0 Å². The average molecular weight is 259 g/mol. The number of allylic oxidation sites excluding steroid dienone is 2. The summed E-state index contributed by atoms with van der Waals surface area (Å²) in [6.45, 7) is 4.54. The van der Waals surface area contributed by atoms with Gasteiger partial charge < -0.3 is 0 Å². The molecule has 3 atom stereocenters. The largest absolute Gasteiger partial charge is 0.275 e. The molecule has 3 nitrogen and oxygen atoms in total. The zero-order chi connectivity index (χ0) is 13.6. The smallest absolute Gasteiger partial charge is 0.257 e. The van der Waals surface area contributed by atoms with Crippen molar-refractivity contribution in [2.24, 2.45) is 17.8 Å². The number of amides is 2. The van der Waals surface area contributed by atoms with Gasteiger partial charge in [-0.1, -0.05) is 26.0 Å². The summed E-state index contributed by atoms with van der Waals surface area (Å²) in [7, 11) is 0. The quantitative estimate of drug-likeness (QED) is 0.575. The van der Waals surface area contributed by atoms with Crippen molar-refractivity contribution in [2.45, 2.75) is 39.5 Å². The Morgan fingerprint density at radius 2 is 1.68 bits per heavy atom. The molecule has 0 N–H and O–H groups in total. The van der Waals surface area contributed by atoms with Gasteiger partial charge in [0.25, 0.3) is 11.8 Å². The number of hydrogen-bond acceptors (Lipinski definition) is 2. The summed E-state index contributed by atoms with van der Waals surface area (Å²) >= 11 is 0. The summed E-state index contributed by atoms with van der Waals surface area (Å²) in [5, 5.41) is 0. The van der Waals surface area contributed by atoms with Crippen LogP contribution in [-0.2, 0) is 9.59 Å². The van der Waals surface area contributed by atoms with E-state index in [9.17, 15) is 9.59 Å². The summed E-state index contributed by atoms with van der Waals surface area (Å²) < 4.78 is 0. The van der Waals surface area contributed by atoms with Gasteiger partial charge in [-0.25, -0.2) is 0 Å². The standard InChI is InChI=1S/C16H21NO2/c1-3-13-14(4-2)16(19)17(15(13)18)9-12-8-10-5-6-11(12)7-10/h5-6,10-12H,3-4,7-9H2,1-2H3. The van der Waals surface area contributed by atoms with Crippen molar-refractivity contribution in [3.05, 3.63) is 23.3 Å². The van der Waals surface area contributed by atoms with E-state index in [0.29, 0.717) is 37.1 Å². The lowest BCUT2D eigenvalue weighted by molar-refractivity contribution is -0.138. The maximum atomic E-state index is 12.3. The lowest BCUT2D eigenvalue weighted by Gasteiger charge is -2.24. The topological polar surface area (TPSA) is 37.4 Å². The Labute approximate surface area is 114 Å². The van der Waals surface area contributed by atoms with Crippen LogP contribution in [0.1, 0.15) is 39.5 Å². The number of fused-ring (bicyclic) bond motifs is 2. The molecule has 0 aromatic carbocycles. The third-order valence-electron chi connectivity index (χ3n) is 4.91. The van der Waals surface area contributed by atoms with Gasteiger partial charge in [-0.15, -0.1) is 0 Å². The molecule has 2 bridgehead atoms. The van der Waals surface area contributed by atoms with E-state index in [0.717, 1.165) is 17.6 Å². The van der Waals surface area contributed by atoms with Crippen LogP contribution in [0.2, 0.25) is 0 Å². The molecule has 0 aromatic rings. The molecule has 102 valence electrons. The normalized spacial score (nSPS) is 33.2. The fourth-order valence-corrected chi connectivity index (χ4v) is 3.91. The highest BCUT2D eigenvalue weighted by molar-refractivity contribution is 6.19. The maximum absolute atomic E-state index is 12.3. The van der Waals surface area contributed by atoms with E-state index in [4.69, 9.17) is 0 Å². The highest BCUT2D eigenvalue weighted by atomic mass is 16.2. The predicted molar refractivity (Wildman–Crippen MR) is 73.2 cm³/mol. The fraction of sp³-hybridized carbons (Fsp3) is 0.625. The first-order valence-corrected chi connectivity index (χ1v) is 7.42. The van der Waals surface area contributed by atoms with E-state index in [1.165, 1.54) is 11.3 Å². The summed E-state index contributed by atoms with van der Waals surface area (Å²) in [6, 6.07) is 0. The fourth-order valence-electron chi connectivity index (χ4n) is 3.91. The molecule has 1 aliphatic heterocycles. The zero-order valence-corrected chi connectivity index (χ0v) is 11.7. The number of carbonyl (C=O) groups excluding carboxylic acids is 2. The van der Waals surface area contributed by atoms with Gasteiger partial charge in [-0.3, -0.25) is 14.5 Å². The van der Waals surface area contributed by atoms with Crippen molar-refractivity contribution >= 4 is 11.8 Å². The Bertz CT molecular complexity index is 463. The summed E-state index contributed by atoms with van der Waals surface area (Å²) in [5.74, 6) is 1.69. The first-order chi connectivity index (χ1) is 9.15. The molecule has 19 heavy (non-hydrogen) atoms. The van der Waals surface area contributed by atoms with E-state index in [1.807, 2.05) is 13.8 Å². The molecular weight excluding hydrogens is 238 g/mol. The van der Waals surface area contributed by atoms with Crippen LogP contribution in [0, 0.1) is 17.8 Å². The van der Waals surface area contributed by atoms with E-state index >= 15 is 0 Å². The molecule has 1 saturated carbocycles. The molecule has 3 heteroatoms. The number of hydrogen-bond donors (Lipinski definition) is 0. The molecule has 1 fully saturated rings. The molecule has 2 amide bonds. The Morgan fingerprint density at radius 1 is 1.05 bits per heavy atom. The van der Waals surface area contributed by atoms with Crippen LogP contribution in [0.5, 0.6) is 0 Å². The number of imide groups is 1. The molecule has 3 rings (SSSR count). The van der Waals surface area contributed by atoms with Crippen molar-refractivity contribution in [3.63, 3.8) is 0 Å². The monoisotopic (exact) mass is 259 g/mol. The highest BCUT2D eigenvalue weighted by Gasteiger charge is 2.42. The van der Waals surface area contributed by atoms with Crippen LogP contribution in [0.3, 0.4) is 0 Å². The van der Waals surface area contributed by atoms with Crippen molar-refractivity contribution in [3.8, 4) is 0 Å². The highest BCUT2D eigenvalue weighted by Crippen LogP contribution is 2.44. The molecule has 0 aromatic heterocycles. The van der Waals surface area contributed by atoms with Crippen LogP contribution in [0.4, 0.5) is 0 Å². The van der Waals surface area contributed by atoms with Crippen LogP contribution >= 0.6 is 0 Å². The number of rotatable bonds is 4. The summed E-state index contributed by atoms with van der Waals surface area (Å²) in [6.07, 6.45) is 8.26. The van der Waals surface area contributed by atoms with Gasteiger partial charge >= 0.3 is 0 Å². The van der Waals surface area contributed by atoms with Crippen LogP contribution in [0.25, 0.3) is 0 Å². The molecule has 0 spiro atoms. The minimum Gasteiger partial charge on any atom is -0.275 e. The number of nitrogens with zero attached hydrogens (tertiary/aromatic N) is 1. The second kappa shape index (κ2) is 4.62. The first kappa shape index (κ1) is 12.6. The van der Waals surface area contributed by atoms with Crippen LogP contribution < -0.4 is 0 Å². The molecule has 2 aliphatic carbocycles. The lowest BCUT2D eigenvalue weighted by atomic mass is 9.93. The third kappa shape index (κ3) is 1.87. The van der Waals surface area contributed by atoms with Gasteiger partial charge in [0, 0.05) is 17.7 Å². The van der Waals surface area contributed by atoms with E-state index in [1.54, 1.807) is 0 Å². The predicted octanol–water partition coefficient (Wildman–Crippen LogP) is 2.68. The van der Waals surface area contributed by atoms with Crippen molar-refractivity contribution in [1.29, 1.82) is 0 Å². The molecular formula is C16H21NO2. The van der Waals surface area contributed by atoms with E-state index in [-0.39, 0.29) is 11.8 Å². The second-order valence-corrected chi connectivity index (χ2v) is 5.93. The Balaban J connectivity index is 1.75. The van der Waals surface area contributed by atoms with Gasteiger partial charge in [0.15, 0.2) is 0 Å². The van der Waals surface area contributed by atoms with E-state index < -0.39 is 0 Å². The minimum absolute atomic E-state index is 0.0314. The second-order valence-electron chi connectivity index (χ2n) is 5.93. The van der Waals surface area contributed by atoms with Gasteiger partial charge in [-0.05, 0) is 43.4 Å². The Morgan fingerprint density at radius 3 is 2.11 bits per heavy atom. The first-order valence-electron chi connectivity index (χ1n) is 7.42. The zero-order valence-electron chi connectivity index (χ0n) is 11.7. The lowest BCUT2D eigenvalue weighted by Crippen LogP contribution is -2.37. The third-order valence-corrected chi connectivity index (χ3v) is 4.91. The molecule has 0 saturated heterocycles. The maximum Gasteiger partial charge on any atom is 0.257 e.